The summed E-state index contributed by atoms with van der Waals surface area (Å²) in [6.45, 7) is 12.2. The molecule has 1 atom stereocenters. The number of nitrogens with zero attached hydrogens (tertiary/aromatic N) is 2. The fourth-order valence-corrected chi connectivity index (χ4v) is 5.97. The van der Waals surface area contributed by atoms with E-state index in [9.17, 15) is 18.0 Å². The molecule has 8 nitrogen and oxygen atoms in total. The maximum Gasteiger partial charge on any atom is 0.264 e. The van der Waals surface area contributed by atoms with Crippen molar-refractivity contribution in [3.8, 4) is 5.75 Å². The van der Waals surface area contributed by atoms with E-state index in [1.807, 2.05) is 65.8 Å². The lowest BCUT2D eigenvalue weighted by molar-refractivity contribution is -0.140. The first-order valence-corrected chi connectivity index (χ1v) is 15.9. The Morgan fingerprint density at radius 3 is 2.12 bits per heavy atom. The van der Waals surface area contributed by atoms with E-state index in [4.69, 9.17) is 4.74 Å². The maximum absolute atomic E-state index is 14.2. The number of hydrogen-bond donors (Lipinski definition) is 1. The maximum atomic E-state index is 14.2. The Hall–Kier alpha value is -3.85. The number of hydrogen-bond acceptors (Lipinski definition) is 5. The first-order valence-electron chi connectivity index (χ1n) is 14.4. The van der Waals surface area contributed by atoms with Gasteiger partial charge in [0.1, 0.15) is 18.3 Å². The Morgan fingerprint density at radius 1 is 0.905 bits per heavy atom. The average Bonchev–Trinajstić information content (AvgIpc) is 2.96. The van der Waals surface area contributed by atoms with E-state index in [1.165, 1.54) is 17.0 Å². The summed E-state index contributed by atoms with van der Waals surface area (Å²) in [6, 6.07) is 20.0. The third kappa shape index (κ3) is 8.35. The van der Waals surface area contributed by atoms with Crippen LogP contribution in [0.4, 0.5) is 5.69 Å². The van der Waals surface area contributed by atoms with E-state index in [-0.39, 0.29) is 23.3 Å². The minimum absolute atomic E-state index is 0.0338. The zero-order chi connectivity index (χ0) is 30.9. The van der Waals surface area contributed by atoms with Crippen molar-refractivity contribution in [1.29, 1.82) is 0 Å². The van der Waals surface area contributed by atoms with Gasteiger partial charge in [-0.3, -0.25) is 13.9 Å². The van der Waals surface area contributed by atoms with Gasteiger partial charge in [-0.05, 0) is 80.6 Å². The highest BCUT2D eigenvalue weighted by molar-refractivity contribution is 7.92. The molecular weight excluding hydrogens is 550 g/mol. The number of carbonyl (C=O) groups excluding carboxylic acids is 2. The summed E-state index contributed by atoms with van der Waals surface area (Å²) in [5, 5.41) is 2.96. The van der Waals surface area contributed by atoms with Crippen molar-refractivity contribution in [1.82, 2.24) is 10.2 Å². The Balaban J connectivity index is 2.04. The van der Waals surface area contributed by atoms with Gasteiger partial charge in [-0.1, -0.05) is 62.7 Å². The van der Waals surface area contributed by atoms with Crippen LogP contribution < -0.4 is 14.4 Å². The van der Waals surface area contributed by atoms with Gasteiger partial charge in [-0.2, -0.15) is 0 Å². The third-order valence-electron chi connectivity index (χ3n) is 7.00. The molecule has 0 aromatic heterocycles. The minimum atomic E-state index is -4.15. The SMILES string of the molecule is CCOc1ccc(S(=O)(=O)N(CC(=O)N(Cc2ccccc2C)[C@H](CC)C(=O)NCC(C)C)c2ccc(C)cc2)cc1. The summed E-state index contributed by atoms with van der Waals surface area (Å²) in [7, 11) is -4.15. The van der Waals surface area contributed by atoms with Crippen LogP contribution in [0.5, 0.6) is 5.75 Å². The van der Waals surface area contributed by atoms with E-state index >= 15 is 0 Å². The molecule has 0 fully saturated rings. The molecule has 42 heavy (non-hydrogen) atoms. The molecule has 0 saturated carbocycles. The van der Waals surface area contributed by atoms with Gasteiger partial charge in [0.2, 0.25) is 11.8 Å². The molecule has 0 aliphatic carbocycles. The molecule has 9 heteroatoms. The van der Waals surface area contributed by atoms with E-state index in [0.29, 0.717) is 31.0 Å². The van der Waals surface area contributed by atoms with Crippen molar-refractivity contribution in [3.63, 3.8) is 0 Å². The molecule has 0 aliphatic heterocycles. The Labute approximate surface area is 250 Å². The number of benzene rings is 3. The van der Waals surface area contributed by atoms with Crippen LogP contribution in [-0.4, -0.2) is 50.9 Å². The lowest BCUT2D eigenvalue weighted by atomic mass is 10.1. The number of carbonyl (C=O) groups is 2. The molecule has 0 spiro atoms. The van der Waals surface area contributed by atoms with Crippen LogP contribution in [0.25, 0.3) is 0 Å². The molecule has 0 radical (unpaired) electrons. The van der Waals surface area contributed by atoms with Crippen LogP contribution in [0, 0.1) is 19.8 Å². The van der Waals surface area contributed by atoms with Gasteiger partial charge >= 0.3 is 0 Å². The van der Waals surface area contributed by atoms with Gasteiger partial charge in [-0.15, -0.1) is 0 Å². The quantitative estimate of drug-likeness (QED) is 0.267. The van der Waals surface area contributed by atoms with Crippen LogP contribution >= 0.6 is 0 Å². The Morgan fingerprint density at radius 2 is 1.55 bits per heavy atom. The summed E-state index contributed by atoms with van der Waals surface area (Å²) in [5.74, 6) is 0.0598. The molecule has 0 heterocycles. The fraction of sp³-hybridized carbons (Fsp3) is 0.394. The van der Waals surface area contributed by atoms with Crippen molar-refractivity contribution in [2.75, 3.05) is 24.0 Å². The summed E-state index contributed by atoms with van der Waals surface area (Å²) >= 11 is 0. The molecule has 0 saturated heterocycles. The largest absolute Gasteiger partial charge is 0.494 e. The van der Waals surface area contributed by atoms with Crippen molar-refractivity contribution in [2.45, 2.75) is 65.4 Å². The molecule has 3 rings (SSSR count). The Bertz CT molecular complexity index is 1440. The van der Waals surface area contributed by atoms with Crippen LogP contribution in [0.15, 0.2) is 77.7 Å². The van der Waals surface area contributed by atoms with Gasteiger partial charge in [-0.25, -0.2) is 8.42 Å². The number of sulfonamides is 1. The van der Waals surface area contributed by atoms with Crippen molar-refractivity contribution < 1.29 is 22.7 Å². The summed E-state index contributed by atoms with van der Waals surface area (Å²) in [6.07, 6.45) is 0.373. The first-order chi connectivity index (χ1) is 20.0. The highest BCUT2D eigenvalue weighted by atomic mass is 32.2. The van der Waals surface area contributed by atoms with Crippen molar-refractivity contribution in [3.05, 3.63) is 89.5 Å². The van der Waals surface area contributed by atoms with Crippen LogP contribution in [0.2, 0.25) is 0 Å². The van der Waals surface area contributed by atoms with E-state index in [1.54, 1.807) is 36.4 Å². The Kier molecular flexibility index (Phi) is 11.6. The zero-order valence-electron chi connectivity index (χ0n) is 25.5. The van der Waals surface area contributed by atoms with Gasteiger partial charge in [0.05, 0.1) is 17.2 Å². The van der Waals surface area contributed by atoms with Crippen molar-refractivity contribution in [2.24, 2.45) is 5.92 Å². The van der Waals surface area contributed by atoms with Gasteiger partial charge < -0.3 is 15.0 Å². The number of anilines is 1. The number of amides is 2. The lowest BCUT2D eigenvalue weighted by Crippen LogP contribution is -2.52. The predicted molar refractivity (Wildman–Crippen MR) is 167 cm³/mol. The van der Waals surface area contributed by atoms with Gasteiger partial charge in [0.15, 0.2) is 0 Å². The average molecular weight is 594 g/mol. The molecule has 0 unspecified atom stereocenters. The standard InChI is InChI=1S/C33H43N3O5S/c1-7-31(33(38)34-21-24(3)4)35(22-27-12-10-9-11-26(27)6)32(37)23-36(28-15-13-25(5)14-16-28)42(39,40)30-19-17-29(18-20-30)41-8-2/h9-20,24,31H,7-8,21-23H2,1-6H3,(H,34,38)/t31-/m1/s1. The van der Waals surface area contributed by atoms with Gasteiger partial charge in [0, 0.05) is 13.1 Å². The number of ether oxygens (including phenoxy) is 1. The van der Waals surface area contributed by atoms with E-state index in [2.05, 4.69) is 5.32 Å². The van der Waals surface area contributed by atoms with E-state index < -0.39 is 28.5 Å². The molecule has 1 N–H and O–H groups in total. The summed E-state index contributed by atoms with van der Waals surface area (Å²) < 4.78 is 34.7. The molecule has 226 valence electrons. The minimum Gasteiger partial charge on any atom is -0.494 e. The second-order valence-electron chi connectivity index (χ2n) is 10.8. The number of aryl methyl sites for hydroxylation is 2. The van der Waals surface area contributed by atoms with E-state index in [0.717, 1.165) is 21.0 Å². The second kappa shape index (κ2) is 14.9. The normalized spacial score (nSPS) is 12.1. The van der Waals surface area contributed by atoms with Crippen molar-refractivity contribution >= 4 is 27.5 Å². The van der Waals surface area contributed by atoms with Gasteiger partial charge in [0.25, 0.3) is 10.0 Å². The van der Waals surface area contributed by atoms with Crippen LogP contribution in [-0.2, 0) is 26.2 Å². The third-order valence-corrected chi connectivity index (χ3v) is 8.78. The molecule has 3 aromatic carbocycles. The zero-order valence-corrected chi connectivity index (χ0v) is 26.3. The van der Waals surface area contributed by atoms with Crippen LogP contribution in [0.1, 0.15) is 50.8 Å². The number of nitrogens with one attached hydrogen (secondary N) is 1. The number of rotatable bonds is 14. The highest BCUT2D eigenvalue weighted by Gasteiger charge is 2.34. The fourth-order valence-electron chi connectivity index (χ4n) is 4.55. The molecule has 0 bridgehead atoms. The smallest absolute Gasteiger partial charge is 0.264 e. The molecule has 3 aromatic rings. The monoisotopic (exact) mass is 593 g/mol. The molecule has 2 amide bonds. The summed E-state index contributed by atoms with van der Waals surface area (Å²) in [5.41, 5.74) is 3.18. The van der Waals surface area contributed by atoms with Crippen LogP contribution in [0.3, 0.4) is 0 Å². The molecule has 0 aliphatic rings. The first kappa shape index (κ1) is 32.7. The predicted octanol–water partition coefficient (Wildman–Crippen LogP) is 5.48. The summed E-state index contributed by atoms with van der Waals surface area (Å²) in [4.78, 5) is 29.1. The lowest BCUT2D eigenvalue weighted by Gasteiger charge is -2.33. The molecular formula is C33H43N3O5S. The second-order valence-corrected chi connectivity index (χ2v) is 12.6. The highest BCUT2D eigenvalue weighted by Crippen LogP contribution is 2.27. The topological polar surface area (TPSA) is 96.0 Å².